The van der Waals surface area contributed by atoms with Crippen LogP contribution in [0.1, 0.15) is 207 Å². The van der Waals surface area contributed by atoms with Crippen LogP contribution >= 0.6 is 11.3 Å². The quantitative estimate of drug-likeness (QED) is 0.0721. The molecule has 1 rings (SSSR count). The van der Waals surface area contributed by atoms with Gasteiger partial charge in [0, 0.05) is 11.3 Å². The second kappa shape index (κ2) is 26.6. The first-order chi connectivity index (χ1) is 18.7. The highest BCUT2D eigenvalue weighted by Crippen LogP contribution is 2.26. The fourth-order valence-corrected chi connectivity index (χ4v) is 6.82. The summed E-state index contributed by atoms with van der Waals surface area (Å²) in [6.07, 6.45) is 37.8. The predicted octanol–water partition coefficient (Wildman–Crippen LogP) is 13.4. The molecule has 222 valence electrons. The maximum Gasteiger partial charge on any atom is 0.172 e. The first kappa shape index (κ1) is 35.4. The molecule has 1 nitrogen and oxygen atoms in total. The van der Waals surface area contributed by atoms with Crippen molar-refractivity contribution in [3.63, 3.8) is 0 Å². The Morgan fingerprint density at radius 2 is 0.868 bits per heavy atom. The van der Waals surface area contributed by atoms with Crippen molar-refractivity contribution in [2.24, 2.45) is 0 Å². The van der Waals surface area contributed by atoms with E-state index in [2.05, 4.69) is 26.8 Å². The summed E-state index contributed by atoms with van der Waals surface area (Å²) in [5.74, 6) is 0.387. The van der Waals surface area contributed by atoms with Crippen LogP contribution < -0.4 is 0 Å². The van der Waals surface area contributed by atoms with Crippen LogP contribution in [0.5, 0.6) is 0 Å². The number of Topliss-reactive ketones (excluding diaryl/α,β-unsaturated/α-hetero) is 1. The number of carbonyl (C=O) groups excluding carboxylic acids is 1. The van der Waals surface area contributed by atoms with Crippen molar-refractivity contribution in [3.8, 4) is 0 Å². The third kappa shape index (κ3) is 20.3. The van der Waals surface area contributed by atoms with E-state index in [1.54, 1.807) is 11.3 Å². The Kier molecular flexibility index (Phi) is 24.8. The second-order valence-corrected chi connectivity index (χ2v) is 13.3. The van der Waals surface area contributed by atoms with Gasteiger partial charge in [0.25, 0.3) is 0 Å². The molecule has 0 saturated heterocycles. The highest BCUT2D eigenvalue weighted by molar-refractivity contribution is 7.14. The summed E-state index contributed by atoms with van der Waals surface area (Å²) < 4.78 is 0. The predicted molar refractivity (Wildman–Crippen MR) is 173 cm³/mol. The summed E-state index contributed by atoms with van der Waals surface area (Å²) in [5, 5.41) is 0. The van der Waals surface area contributed by atoms with Gasteiger partial charge in [0.1, 0.15) is 0 Å². The van der Waals surface area contributed by atoms with Crippen LogP contribution in [0.25, 0.3) is 0 Å². The Morgan fingerprint density at radius 3 is 1.26 bits per heavy atom. The molecule has 0 atom stereocenters. The molecule has 1 heterocycles. The van der Waals surface area contributed by atoms with Crippen LogP contribution in [0.4, 0.5) is 0 Å². The number of unbranched alkanes of at least 4 members (excludes halogenated alkanes) is 24. The van der Waals surface area contributed by atoms with E-state index in [9.17, 15) is 4.79 Å². The average Bonchev–Trinajstić information content (AvgIpc) is 3.29. The van der Waals surface area contributed by atoms with E-state index in [1.807, 2.05) is 0 Å². The zero-order valence-corrected chi connectivity index (χ0v) is 27.0. The number of hydrogen-bond donors (Lipinski definition) is 0. The van der Waals surface area contributed by atoms with Crippen molar-refractivity contribution in [2.75, 3.05) is 0 Å². The Hall–Kier alpha value is -0.630. The molecule has 0 saturated carbocycles. The molecule has 0 radical (unpaired) electrons. The van der Waals surface area contributed by atoms with Gasteiger partial charge in [-0.25, -0.2) is 0 Å². The van der Waals surface area contributed by atoms with Crippen molar-refractivity contribution in [1.82, 2.24) is 0 Å². The standard InChI is InChI=1S/C36H66OS/c1-4-6-8-10-12-14-16-18-20-22-24-26-28-30-34(37)36-32-33(3)35(38-36)31-29-27-25-23-21-19-17-15-13-11-9-7-5-2/h32H,4-31H2,1-3H3. The number of ketones is 1. The van der Waals surface area contributed by atoms with E-state index >= 15 is 0 Å². The van der Waals surface area contributed by atoms with E-state index in [-0.39, 0.29) is 0 Å². The fourth-order valence-electron chi connectivity index (χ4n) is 5.64. The van der Waals surface area contributed by atoms with Crippen molar-refractivity contribution in [3.05, 3.63) is 21.4 Å². The molecule has 0 spiro atoms. The van der Waals surface area contributed by atoms with Crippen molar-refractivity contribution >= 4 is 17.1 Å². The summed E-state index contributed by atoms with van der Waals surface area (Å²) in [4.78, 5) is 15.2. The van der Waals surface area contributed by atoms with Crippen LogP contribution in [0.15, 0.2) is 6.07 Å². The smallest absolute Gasteiger partial charge is 0.172 e. The lowest BCUT2D eigenvalue weighted by atomic mass is 10.0. The molecule has 1 aromatic heterocycles. The van der Waals surface area contributed by atoms with Gasteiger partial charge in [0.15, 0.2) is 5.78 Å². The van der Waals surface area contributed by atoms with Gasteiger partial charge in [0.05, 0.1) is 4.88 Å². The largest absolute Gasteiger partial charge is 0.293 e. The molecule has 38 heavy (non-hydrogen) atoms. The highest BCUT2D eigenvalue weighted by Gasteiger charge is 2.12. The van der Waals surface area contributed by atoms with E-state index in [4.69, 9.17) is 0 Å². The molecule has 0 bridgehead atoms. The number of thiophene rings is 1. The summed E-state index contributed by atoms with van der Waals surface area (Å²) in [5.41, 5.74) is 1.35. The van der Waals surface area contributed by atoms with Crippen LogP contribution in [0, 0.1) is 6.92 Å². The lowest BCUT2D eigenvalue weighted by Crippen LogP contribution is -1.95. The van der Waals surface area contributed by atoms with E-state index in [0.717, 1.165) is 17.7 Å². The molecule has 0 aliphatic rings. The average molecular weight is 547 g/mol. The molecule has 0 amide bonds. The first-order valence-corrected chi connectivity index (χ1v) is 18.1. The minimum Gasteiger partial charge on any atom is -0.293 e. The Bertz CT molecular complexity index is 646. The topological polar surface area (TPSA) is 17.1 Å². The summed E-state index contributed by atoms with van der Waals surface area (Å²) in [6.45, 7) is 6.79. The Morgan fingerprint density at radius 1 is 0.526 bits per heavy atom. The van der Waals surface area contributed by atoms with Gasteiger partial charge < -0.3 is 0 Å². The van der Waals surface area contributed by atoms with Gasteiger partial charge in [-0.05, 0) is 37.8 Å². The van der Waals surface area contributed by atoms with Crippen molar-refractivity contribution in [1.29, 1.82) is 0 Å². The Labute approximate surface area is 243 Å². The first-order valence-electron chi connectivity index (χ1n) is 17.3. The molecule has 0 aliphatic heterocycles. The maximum absolute atomic E-state index is 12.7. The fraction of sp³-hybridized carbons (Fsp3) is 0.861. The second-order valence-electron chi connectivity index (χ2n) is 12.1. The van der Waals surface area contributed by atoms with Gasteiger partial charge in [-0.3, -0.25) is 4.79 Å². The van der Waals surface area contributed by atoms with Crippen molar-refractivity contribution < 1.29 is 4.79 Å². The van der Waals surface area contributed by atoms with Crippen molar-refractivity contribution in [2.45, 2.75) is 201 Å². The van der Waals surface area contributed by atoms with Gasteiger partial charge in [-0.2, -0.15) is 0 Å². The monoisotopic (exact) mass is 546 g/mol. The summed E-state index contributed by atoms with van der Waals surface area (Å²) in [7, 11) is 0. The van der Waals surface area contributed by atoms with Crippen LogP contribution in [-0.2, 0) is 6.42 Å². The third-order valence-electron chi connectivity index (χ3n) is 8.31. The zero-order chi connectivity index (χ0) is 27.5. The lowest BCUT2D eigenvalue weighted by Gasteiger charge is -2.03. The van der Waals surface area contributed by atoms with Gasteiger partial charge in [-0.1, -0.05) is 168 Å². The summed E-state index contributed by atoms with van der Waals surface area (Å²) >= 11 is 1.79. The molecule has 1 aromatic rings. The molecule has 0 aliphatic carbocycles. The molecule has 0 fully saturated rings. The number of rotatable bonds is 29. The molecular formula is C36H66OS. The highest BCUT2D eigenvalue weighted by atomic mass is 32.1. The van der Waals surface area contributed by atoms with E-state index < -0.39 is 0 Å². The minimum atomic E-state index is 0.387. The molecule has 0 N–H and O–H groups in total. The molecular weight excluding hydrogens is 480 g/mol. The SMILES string of the molecule is CCCCCCCCCCCCCCCC(=O)c1cc(C)c(CCCCCCCCCCCCCCC)s1. The number of carbonyl (C=O) groups is 1. The molecule has 0 unspecified atom stereocenters. The zero-order valence-electron chi connectivity index (χ0n) is 26.2. The Balaban J connectivity index is 1.97. The van der Waals surface area contributed by atoms with Crippen LogP contribution in [-0.4, -0.2) is 5.78 Å². The van der Waals surface area contributed by atoms with E-state index in [0.29, 0.717) is 5.78 Å². The lowest BCUT2D eigenvalue weighted by molar-refractivity contribution is 0.0983. The number of aryl methyl sites for hydroxylation is 2. The van der Waals surface area contributed by atoms with Gasteiger partial charge in [-0.15, -0.1) is 11.3 Å². The van der Waals surface area contributed by atoms with Gasteiger partial charge >= 0.3 is 0 Å². The molecule has 2 heteroatoms. The third-order valence-corrected chi connectivity index (χ3v) is 9.65. The minimum absolute atomic E-state index is 0.387. The van der Waals surface area contributed by atoms with Crippen LogP contribution in [0.2, 0.25) is 0 Å². The van der Waals surface area contributed by atoms with Crippen LogP contribution in [0.3, 0.4) is 0 Å². The number of hydrogen-bond acceptors (Lipinski definition) is 2. The summed E-state index contributed by atoms with van der Waals surface area (Å²) in [6, 6.07) is 2.17. The van der Waals surface area contributed by atoms with E-state index in [1.165, 1.54) is 177 Å². The molecule has 0 aromatic carbocycles. The maximum atomic E-state index is 12.7. The normalized spacial score (nSPS) is 11.4. The van der Waals surface area contributed by atoms with Gasteiger partial charge in [0.2, 0.25) is 0 Å².